The van der Waals surface area contributed by atoms with Gasteiger partial charge in [-0.25, -0.2) is 0 Å². The summed E-state index contributed by atoms with van der Waals surface area (Å²) in [5.41, 5.74) is 6.95. The Morgan fingerprint density at radius 3 is 2.48 bits per heavy atom. The maximum atomic E-state index is 12.7. The summed E-state index contributed by atoms with van der Waals surface area (Å²) in [5.74, 6) is 0.980. The third kappa shape index (κ3) is 5.27. The molecule has 0 saturated carbocycles. The minimum Gasteiger partial charge on any atom is -0.495 e. The maximum absolute atomic E-state index is 12.7. The summed E-state index contributed by atoms with van der Waals surface area (Å²) in [6.45, 7) is 6.50. The summed E-state index contributed by atoms with van der Waals surface area (Å²) in [4.78, 5) is 16.6. The molecule has 0 unspecified atom stereocenters. The first-order valence-electron chi connectivity index (χ1n) is 7.22. The highest BCUT2D eigenvalue weighted by atomic mass is 16.5. The lowest BCUT2D eigenvalue weighted by Gasteiger charge is -2.26. The topological polar surface area (TPSA) is 58.8 Å². The Morgan fingerprint density at radius 2 is 1.95 bits per heavy atom. The van der Waals surface area contributed by atoms with Crippen molar-refractivity contribution in [2.75, 3.05) is 46.6 Å². The van der Waals surface area contributed by atoms with Gasteiger partial charge in [0.1, 0.15) is 5.75 Å². The van der Waals surface area contributed by atoms with Crippen LogP contribution in [0.2, 0.25) is 0 Å². The van der Waals surface area contributed by atoms with Gasteiger partial charge in [-0.15, -0.1) is 0 Å². The molecule has 1 amide bonds. The quantitative estimate of drug-likeness (QED) is 0.781. The molecule has 5 heteroatoms. The van der Waals surface area contributed by atoms with E-state index >= 15 is 0 Å². The van der Waals surface area contributed by atoms with Gasteiger partial charge < -0.3 is 20.3 Å². The molecule has 1 rings (SSSR count). The predicted octanol–water partition coefficient (Wildman–Crippen LogP) is 1.94. The number of amides is 1. The normalized spacial score (nSPS) is 11.0. The zero-order chi connectivity index (χ0) is 16.0. The molecule has 0 aliphatic rings. The monoisotopic (exact) mass is 293 g/mol. The number of ether oxygens (including phenoxy) is 1. The summed E-state index contributed by atoms with van der Waals surface area (Å²) in [6, 6.07) is 5.18. The van der Waals surface area contributed by atoms with E-state index in [1.54, 1.807) is 25.3 Å². The van der Waals surface area contributed by atoms with Crippen molar-refractivity contribution in [1.29, 1.82) is 0 Å². The lowest BCUT2D eigenvalue weighted by Crippen LogP contribution is -2.39. The Hall–Kier alpha value is -1.75. The first kappa shape index (κ1) is 17.3. The predicted molar refractivity (Wildman–Crippen MR) is 86.7 cm³/mol. The SMILES string of the molecule is COc1cc(C(=O)N(CCN(C)C)CC(C)C)ccc1N. The van der Waals surface area contributed by atoms with Gasteiger partial charge in [0.25, 0.3) is 5.91 Å². The highest BCUT2D eigenvalue weighted by Gasteiger charge is 2.18. The van der Waals surface area contributed by atoms with Crippen molar-refractivity contribution < 1.29 is 9.53 Å². The summed E-state index contributed by atoms with van der Waals surface area (Å²) < 4.78 is 5.19. The highest BCUT2D eigenvalue weighted by molar-refractivity contribution is 5.95. The molecule has 0 aromatic heterocycles. The Kier molecular flexibility index (Phi) is 6.49. The van der Waals surface area contributed by atoms with Gasteiger partial charge in [-0.05, 0) is 38.2 Å². The summed E-state index contributed by atoms with van der Waals surface area (Å²) >= 11 is 0. The molecule has 0 radical (unpaired) electrons. The summed E-state index contributed by atoms with van der Waals surface area (Å²) in [7, 11) is 5.56. The molecule has 1 aromatic rings. The number of anilines is 1. The van der Waals surface area contributed by atoms with E-state index in [0.29, 0.717) is 29.5 Å². The summed E-state index contributed by atoms with van der Waals surface area (Å²) in [6.07, 6.45) is 0. The van der Waals surface area contributed by atoms with Crippen LogP contribution in [0.1, 0.15) is 24.2 Å². The van der Waals surface area contributed by atoms with Crippen molar-refractivity contribution in [3.05, 3.63) is 23.8 Å². The second-order valence-corrected chi connectivity index (χ2v) is 5.91. The maximum Gasteiger partial charge on any atom is 0.254 e. The molecule has 5 nitrogen and oxygen atoms in total. The molecule has 0 fully saturated rings. The van der Waals surface area contributed by atoms with Crippen molar-refractivity contribution in [3.8, 4) is 5.75 Å². The molecular weight excluding hydrogens is 266 g/mol. The first-order valence-corrected chi connectivity index (χ1v) is 7.22. The largest absolute Gasteiger partial charge is 0.495 e. The Bertz CT molecular complexity index is 473. The molecule has 118 valence electrons. The fraction of sp³-hybridized carbons (Fsp3) is 0.562. The van der Waals surface area contributed by atoms with Crippen LogP contribution in [0, 0.1) is 5.92 Å². The average molecular weight is 293 g/mol. The van der Waals surface area contributed by atoms with Crippen LogP contribution in [0.15, 0.2) is 18.2 Å². The molecule has 0 atom stereocenters. The Labute approximate surface area is 127 Å². The van der Waals surface area contributed by atoms with E-state index in [2.05, 4.69) is 18.7 Å². The third-order valence-corrected chi connectivity index (χ3v) is 3.17. The van der Waals surface area contributed by atoms with Crippen molar-refractivity contribution in [1.82, 2.24) is 9.80 Å². The number of carbonyl (C=O) groups excluding carboxylic acids is 1. The zero-order valence-corrected chi connectivity index (χ0v) is 13.7. The number of nitrogen functional groups attached to an aromatic ring is 1. The smallest absolute Gasteiger partial charge is 0.254 e. The van der Waals surface area contributed by atoms with Crippen molar-refractivity contribution in [2.45, 2.75) is 13.8 Å². The first-order chi connectivity index (χ1) is 9.85. The van der Waals surface area contributed by atoms with Crippen LogP contribution in [0.5, 0.6) is 5.75 Å². The van der Waals surface area contributed by atoms with Crippen LogP contribution in [-0.2, 0) is 0 Å². The van der Waals surface area contributed by atoms with Crippen LogP contribution >= 0.6 is 0 Å². The number of likely N-dealkylation sites (N-methyl/N-ethyl adjacent to an activating group) is 1. The molecule has 0 heterocycles. The molecule has 0 spiro atoms. The van der Waals surface area contributed by atoms with Gasteiger partial charge in [0.2, 0.25) is 0 Å². The van der Waals surface area contributed by atoms with Gasteiger partial charge in [-0.1, -0.05) is 13.8 Å². The highest BCUT2D eigenvalue weighted by Crippen LogP contribution is 2.23. The molecule has 0 aliphatic heterocycles. The average Bonchev–Trinajstić information content (AvgIpc) is 2.42. The lowest BCUT2D eigenvalue weighted by atomic mass is 10.1. The molecule has 1 aromatic carbocycles. The van der Waals surface area contributed by atoms with E-state index in [1.807, 2.05) is 19.0 Å². The molecule has 0 bridgehead atoms. The second kappa shape index (κ2) is 7.88. The molecular formula is C16H27N3O2. The van der Waals surface area contributed by atoms with E-state index in [9.17, 15) is 4.79 Å². The van der Waals surface area contributed by atoms with Crippen LogP contribution in [-0.4, -0.2) is 56.5 Å². The Balaban J connectivity index is 2.92. The minimum atomic E-state index is 0.0175. The number of hydrogen-bond acceptors (Lipinski definition) is 4. The lowest BCUT2D eigenvalue weighted by molar-refractivity contribution is 0.0724. The van der Waals surface area contributed by atoms with Gasteiger partial charge >= 0.3 is 0 Å². The van der Waals surface area contributed by atoms with Gasteiger partial charge in [-0.3, -0.25) is 4.79 Å². The molecule has 2 N–H and O–H groups in total. The number of methoxy groups -OCH3 is 1. The van der Waals surface area contributed by atoms with E-state index in [1.165, 1.54) is 0 Å². The van der Waals surface area contributed by atoms with Crippen molar-refractivity contribution >= 4 is 11.6 Å². The number of carbonyl (C=O) groups is 1. The number of hydrogen-bond donors (Lipinski definition) is 1. The van der Waals surface area contributed by atoms with Crippen molar-refractivity contribution in [3.63, 3.8) is 0 Å². The Morgan fingerprint density at radius 1 is 1.29 bits per heavy atom. The van der Waals surface area contributed by atoms with Crippen molar-refractivity contribution in [2.24, 2.45) is 5.92 Å². The fourth-order valence-corrected chi connectivity index (χ4v) is 2.06. The summed E-state index contributed by atoms with van der Waals surface area (Å²) in [5, 5.41) is 0. The molecule has 0 aliphatic carbocycles. The standard InChI is InChI=1S/C16H27N3O2/c1-12(2)11-19(9-8-18(3)4)16(20)13-6-7-14(17)15(10-13)21-5/h6-7,10,12H,8-9,11,17H2,1-5H3. The van der Waals surface area contributed by atoms with Crippen LogP contribution in [0.25, 0.3) is 0 Å². The van der Waals surface area contributed by atoms with E-state index < -0.39 is 0 Å². The fourth-order valence-electron chi connectivity index (χ4n) is 2.06. The molecule has 0 saturated heterocycles. The van der Waals surface area contributed by atoms with E-state index in [0.717, 1.165) is 13.1 Å². The van der Waals surface area contributed by atoms with Gasteiger partial charge in [0, 0.05) is 25.2 Å². The zero-order valence-electron chi connectivity index (χ0n) is 13.7. The van der Waals surface area contributed by atoms with E-state index in [-0.39, 0.29) is 5.91 Å². The number of benzene rings is 1. The van der Waals surface area contributed by atoms with Gasteiger partial charge in [-0.2, -0.15) is 0 Å². The second-order valence-electron chi connectivity index (χ2n) is 5.91. The third-order valence-electron chi connectivity index (χ3n) is 3.17. The van der Waals surface area contributed by atoms with E-state index in [4.69, 9.17) is 10.5 Å². The minimum absolute atomic E-state index is 0.0175. The number of nitrogens with two attached hydrogens (primary N) is 1. The van der Waals surface area contributed by atoms with Crippen LogP contribution in [0.3, 0.4) is 0 Å². The number of rotatable bonds is 7. The molecule has 21 heavy (non-hydrogen) atoms. The van der Waals surface area contributed by atoms with Gasteiger partial charge in [0.05, 0.1) is 12.8 Å². The van der Waals surface area contributed by atoms with Crippen LogP contribution < -0.4 is 10.5 Å². The van der Waals surface area contributed by atoms with Crippen LogP contribution in [0.4, 0.5) is 5.69 Å². The number of nitrogens with zero attached hydrogens (tertiary/aromatic N) is 2. The van der Waals surface area contributed by atoms with Gasteiger partial charge in [0.15, 0.2) is 0 Å².